The van der Waals surface area contributed by atoms with Crippen molar-refractivity contribution in [2.75, 3.05) is 25.0 Å². The average molecular weight is 324 g/mol. The summed E-state index contributed by atoms with van der Waals surface area (Å²) in [7, 11) is 0. The van der Waals surface area contributed by atoms with Gasteiger partial charge >= 0.3 is 11.9 Å². The summed E-state index contributed by atoms with van der Waals surface area (Å²) in [5.41, 5.74) is 12.0. The summed E-state index contributed by atoms with van der Waals surface area (Å²) in [6.07, 6.45) is 0. The van der Waals surface area contributed by atoms with Crippen LogP contribution in [-0.4, -0.2) is 58.6 Å². The van der Waals surface area contributed by atoms with Crippen molar-refractivity contribution in [1.29, 1.82) is 0 Å². The van der Waals surface area contributed by atoms with Gasteiger partial charge in [-0.3, -0.25) is 19.3 Å². The second-order valence-electron chi connectivity index (χ2n) is 4.96. The normalized spacial score (nSPS) is 12.0. The maximum Gasteiger partial charge on any atom is 0.317 e. The van der Waals surface area contributed by atoms with Crippen LogP contribution in [0.15, 0.2) is 24.3 Å². The van der Waals surface area contributed by atoms with Gasteiger partial charge in [0.05, 0.1) is 19.1 Å². The fourth-order valence-corrected chi connectivity index (χ4v) is 1.90. The summed E-state index contributed by atoms with van der Waals surface area (Å²) < 4.78 is 0. The number of hydrogen-bond donors (Lipinski definition) is 5. The van der Waals surface area contributed by atoms with Gasteiger partial charge in [0.25, 0.3) is 0 Å². The number of nitrogens with two attached hydrogens (primary N) is 2. The molecule has 1 rings (SSSR count). The first-order valence-electron chi connectivity index (χ1n) is 6.83. The van der Waals surface area contributed by atoms with Crippen molar-refractivity contribution in [2.45, 2.75) is 12.6 Å². The second kappa shape index (κ2) is 8.83. The smallest absolute Gasteiger partial charge is 0.317 e. The van der Waals surface area contributed by atoms with E-state index in [9.17, 15) is 14.4 Å². The Hall–Kier alpha value is -2.49. The summed E-state index contributed by atoms with van der Waals surface area (Å²) in [6.45, 7) is -0.677. The Balaban J connectivity index is 2.79. The maximum atomic E-state index is 11.7. The monoisotopic (exact) mass is 324 g/mol. The molecule has 0 spiro atoms. The molecule has 9 nitrogen and oxygen atoms in total. The minimum atomic E-state index is -1.12. The molecular formula is C14H20N4O5. The Morgan fingerprint density at radius 1 is 1.17 bits per heavy atom. The molecule has 9 heteroatoms. The highest BCUT2D eigenvalue weighted by Gasteiger charge is 2.15. The van der Waals surface area contributed by atoms with Crippen LogP contribution in [0.3, 0.4) is 0 Å². The number of carboxylic acid groups (broad SMARTS) is 2. The molecule has 1 aromatic carbocycles. The van der Waals surface area contributed by atoms with Crippen LogP contribution in [0.2, 0.25) is 0 Å². The molecule has 23 heavy (non-hydrogen) atoms. The molecule has 1 atom stereocenters. The Kier molecular flexibility index (Phi) is 7.13. The number of nitrogens with zero attached hydrogens (tertiary/aromatic N) is 1. The zero-order valence-corrected chi connectivity index (χ0v) is 12.4. The van der Waals surface area contributed by atoms with Gasteiger partial charge in [-0.15, -0.1) is 0 Å². The zero-order valence-electron chi connectivity index (χ0n) is 12.4. The summed E-state index contributed by atoms with van der Waals surface area (Å²) in [6, 6.07) is 5.81. The lowest BCUT2D eigenvalue weighted by Gasteiger charge is -2.18. The third-order valence-corrected chi connectivity index (χ3v) is 2.91. The first-order chi connectivity index (χ1) is 10.8. The predicted molar refractivity (Wildman–Crippen MR) is 82.7 cm³/mol. The Bertz CT molecular complexity index is 562. The third-order valence-electron chi connectivity index (χ3n) is 2.91. The van der Waals surface area contributed by atoms with Gasteiger partial charge in [0.15, 0.2) is 0 Å². The van der Waals surface area contributed by atoms with Crippen molar-refractivity contribution < 1.29 is 24.6 Å². The fraction of sp³-hybridized carbons (Fsp3) is 0.357. The zero-order chi connectivity index (χ0) is 17.4. The molecule has 0 unspecified atom stereocenters. The van der Waals surface area contributed by atoms with Gasteiger partial charge in [-0.25, -0.2) is 0 Å². The standard InChI is InChI=1S/C14H20N4O5/c15-5-11(16)14(23)17-10-3-1-2-9(4-10)6-18(7-12(19)20)8-13(21)22/h1-4,11H,5-8,15-16H2,(H,17,23)(H,19,20)(H,21,22)/t11-/m0/s1. The van der Waals surface area contributed by atoms with Crippen LogP contribution in [0.25, 0.3) is 0 Å². The highest BCUT2D eigenvalue weighted by molar-refractivity contribution is 5.94. The molecule has 0 radical (unpaired) electrons. The van der Waals surface area contributed by atoms with E-state index in [4.69, 9.17) is 21.7 Å². The van der Waals surface area contributed by atoms with Gasteiger partial charge in [0, 0.05) is 18.8 Å². The number of benzene rings is 1. The number of rotatable bonds is 9. The number of hydrogen-bond acceptors (Lipinski definition) is 6. The molecule has 0 aliphatic heterocycles. The molecule has 0 bridgehead atoms. The van der Waals surface area contributed by atoms with Gasteiger partial charge in [-0.05, 0) is 17.7 Å². The molecule has 0 saturated heterocycles. The summed E-state index contributed by atoms with van der Waals surface area (Å²) in [5.74, 6) is -2.67. The number of anilines is 1. The molecule has 0 aromatic heterocycles. The van der Waals surface area contributed by atoms with Crippen LogP contribution in [0.5, 0.6) is 0 Å². The lowest BCUT2D eigenvalue weighted by Crippen LogP contribution is -2.41. The summed E-state index contributed by atoms with van der Waals surface area (Å²) in [5, 5.41) is 20.2. The average Bonchev–Trinajstić information content (AvgIpc) is 2.45. The third kappa shape index (κ3) is 6.87. The molecule has 0 saturated carbocycles. The minimum Gasteiger partial charge on any atom is -0.480 e. The fourth-order valence-electron chi connectivity index (χ4n) is 1.90. The highest BCUT2D eigenvalue weighted by atomic mass is 16.4. The topological polar surface area (TPSA) is 159 Å². The summed E-state index contributed by atoms with van der Waals surface area (Å²) >= 11 is 0. The van der Waals surface area contributed by atoms with Crippen molar-refractivity contribution in [2.24, 2.45) is 11.5 Å². The van der Waals surface area contributed by atoms with E-state index in [1.165, 1.54) is 4.90 Å². The largest absolute Gasteiger partial charge is 0.480 e. The Morgan fingerprint density at radius 3 is 2.30 bits per heavy atom. The van der Waals surface area contributed by atoms with Gasteiger partial charge in [-0.2, -0.15) is 0 Å². The molecule has 0 aliphatic carbocycles. The number of nitrogens with one attached hydrogen (secondary N) is 1. The van der Waals surface area contributed by atoms with Gasteiger partial charge < -0.3 is 27.0 Å². The number of carbonyl (C=O) groups is 3. The van der Waals surface area contributed by atoms with Crippen molar-refractivity contribution in [3.05, 3.63) is 29.8 Å². The molecule has 126 valence electrons. The van der Waals surface area contributed by atoms with Crippen LogP contribution in [0.1, 0.15) is 5.56 Å². The lowest BCUT2D eigenvalue weighted by molar-refractivity contribution is -0.142. The van der Waals surface area contributed by atoms with Crippen molar-refractivity contribution >= 4 is 23.5 Å². The first-order valence-corrected chi connectivity index (χ1v) is 6.83. The first kappa shape index (κ1) is 18.6. The van der Waals surface area contributed by atoms with E-state index in [1.54, 1.807) is 24.3 Å². The van der Waals surface area contributed by atoms with Gasteiger partial charge in [0.1, 0.15) is 0 Å². The highest BCUT2D eigenvalue weighted by Crippen LogP contribution is 2.13. The minimum absolute atomic E-state index is 0.0104. The Morgan fingerprint density at radius 2 is 1.78 bits per heavy atom. The predicted octanol–water partition coefficient (Wildman–Crippen LogP) is -1.12. The van der Waals surface area contributed by atoms with Crippen LogP contribution in [-0.2, 0) is 20.9 Å². The lowest BCUT2D eigenvalue weighted by atomic mass is 10.1. The van der Waals surface area contributed by atoms with E-state index < -0.39 is 37.0 Å². The van der Waals surface area contributed by atoms with Gasteiger partial charge in [0.2, 0.25) is 5.91 Å². The van der Waals surface area contributed by atoms with Crippen LogP contribution in [0, 0.1) is 0 Å². The summed E-state index contributed by atoms with van der Waals surface area (Å²) in [4.78, 5) is 34.5. The molecule has 7 N–H and O–H groups in total. The maximum absolute atomic E-state index is 11.7. The Labute approximate surface area is 132 Å². The van der Waals surface area contributed by atoms with E-state index in [2.05, 4.69) is 5.32 Å². The van der Waals surface area contributed by atoms with Crippen LogP contribution in [0.4, 0.5) is 5.69 Å². The number of carbonyl (C=O) groups excluding carboxylic acids is 1. The van der Waals surface area contributed by atoms with Crippen molar-refractivity contribution in [3.63, 3.8) is 0 Å². The van der Waals surface area contributed by atoms with Crippen molar-refractivity contribution in [1.82, 2.24) is 4.90 Å². The quantitative estimate of drug-likeness (QED) is 0.382. The van der Waals surface area contributed by atoms with Crippen molar-refractivity contribution in [3.8, 4) is 0 Å². The van der Waals surface area contributed by atoms with E-state index >= 15 is 0 Å². The van der Waals surface area contributed by atoms with Crippen LogP contribution >= 0.6 is 0 Å². The number of carboxylic acids is 2. The molecule has 1 amide bonds. The SMILES string of the molecule is NC[C@H](N)C(=O)Nc1cccc(CN(CC(=O)O)CC(=O)O)c1. The van der Waals surface area contributed by atoms with E-state index in [1.807, 2.05) is 0 Å². The number of aliphatic carboxylic acids is 2. The molecular weight excluding hydrogens is 304 g/mol. The van der Waals surface area contributed by atoms with E-state index in [0.717, 1.165) is 0 Å². The molecule has 0 fully saturated rings. The van der Waals surface area contributed by atoms with Crippen LogP contribution < -0.4 is 16.8 Å². The molecule has 0 heterocycles. The van der Waals surface area contributed by atoms with E-state index in [0.29, 0.717) is 11.3 Å². The second-order valence-corrected chi connectivity index (χ2v) is 4.96. The molecule has 1 aromatic rings. The number of amides is 1. The van der Waals surface area contributed by atoms with E-state index in [-0.39, 0.29) is 13.1 Å². The van der Waals surface area contributed by atoms with Gasteiger partial charge in [-0.1, -0.05) is 12.1 Å². The molecule has 0 aliphatic rings.